The molecule has 2 aromatic rings. The average molecular weight is 519 g/mol. The summed E-state index contributed by atoms with van der Waals surface area (Å²) in [5.41, 5.74) is 7.95. The number of nitrogens with zero attached hydrogens (tertiary/aromatic N) is 2. The van der Waals surface area contributed by atoms with Gasteiger partial charge >= 0.3 is 0 Å². The summed E-state index contributed by atoms with van der Waals surface area (Å²) in [5, 5.41) is 3.69. The number of H-pyrrole nitrogens is 1. The number of aromatic amines is 1. The Balaban J connectivity index is 1.59. The number of aromatic nitrogens is 2. The van der Waals surface area contributed by atoms with E-state index in [-0.39, 0.29) is 6.04 Å². The molecule has 0 amide bonds. The van der Waals surface area contributed by atoms with Crippen LogP contribution in [0.4, 0.5) is 0 Å². The molecule has 0 bridgehead atoms. The van der Waals surface area contributed by atoms with Crippen molar-refractivity contribution < 1.29 is 0 Å². The molecule has 0 radical (unpaired) electrons. The molecule has 37 heavy (non-hydrogen) atoms. The predicted octanol–water partition coefficient (Wildman–Crippen LogP) is 8.87. The van der Waals surface area contributed by atoms with Gasteiger partial charge in [0, 0.05) is 24.5 Å². The third-order valence-electron chi connectivity index (χ3n) is 6.55. The van der Waals surface area contributed by atoms with Crippen molar-refractivity contribution in [3.63, 3.8) is 0 Å². The second kappa shape index (κ2) is 15.7. The topological polar surface area (TPSA) is 53.1 Å². The van der Waals surface area contributed by atoms with E-state index in [0.29, 0.717) is 0 Å². The summed E-state index contributed by atoms with van der Waals surface area (Å²) in [6.45, 7) is 11.9. The first-order valence-electron chi connectivity index (χ1n) is 13.8. The van der Waals surface area contributed by atoms with Crippen LogP contribution in [0.3, 0.4) is 0 Å². The molecule has 1 aromatic carbocycles. The minimum Gasteiger partial charge on any atom is -0.363 e. The highest BCUT2D eigenvalue weighted by Crippen LogP contribution is 2.22. The third-order valence-corrected chi connectivity index (χ3v) is 7.52. The monoisotopic (exact) mass is 518 g/mol. The van der Waals surface area contributed by atoms with Crippen molar-refractivity contribution >= 4 is 28.6 Å². The molecule has 0 aliphatic carbocycles. The smallest absolute Gasteiger partial charge is 0.130 e. The summed E-state index contributed by atoms with van der Waals surface area (Å²) < 4.78 is 0. The number of imidazole rings is 1. The van der Waals surface area contributed by atoms with E-state index < -0.39 is 0 Å². The quantitative estimate of drug-likeness (QED) is 0.194. The summed E-state index contributed by atoms with van der Waals surface area (Å²) in [4.78, 5) is 13.1. The Hall–Kier alpha value is -2.53. The van der Waals surface area contributed by atoms with Gasteiger partial charge in [-0.1, -0.05) is 58.7 Å². The molecule has 0 fully saturated rings. The van der Waals surface area contributed by atoms with Crippen molar-refractivity contribution in [1.29, 1.82) is 0 Å². The van der Waals surface area contributed by atoms with E-state index in [4.69, 9.17) is 4.98 Å². The van der Waals surface area contributed by atoms with Crippen molar-refractivity contribution in [2.45, 2.75) is 85.6 Å². The molecule has 1 unspecified atom stereocenters. The zero-order chi connectivity index (χ0) is 26.5. The Morgan fingerprint density at radius 1 is 1.00 bits per heavy atom. The zero-order valence-corrected chi connectivity index (χ0v) is 24.4. The van der Waals surface area contributed by atoms with Crippen LogP contribution < -0.4 is 5.32 Å². The van der Waals surface area contributed by atoms with Gasteiger partial charge in [0.15, 0.2) is 0 Å². The highest BCUT2D eigenvalue weighted by molar-refractivity contribution is 7.99. The molecule has 3 rings (SSSR count). The summed E-state index contributed by atoms with van der Waals surface area (Å²) in [7, 11) is 0. The van der Waals surface area contributed by atoms with Gasteiger partial charge in [-0.2, -0.15) is 11.8 Å². The molecule has 1 aliphatic heterocycles. The third kappa shape index (κ3) is 10.8. The second-order valence-corrected chi connectivity index (χ2v) is 11.6. The normalized spacial score (nSPS) is 15.0. The second-order valence-electron chi connectivity index (χ2n) is 10.6. The van der Waals surface area contributed by atoms with Gasteiger partial charge in [0.25, 0.3) is 0 Å². The molecule has 1 atom stereocenters. The van der Waals surface area contributed by atoms with Gasteiger partial charge < -0.3 is 10.3 Å². The number of rotatable bonds is 14. The minimum absolute atomic E-state index is 0.135. The Kier molecular flexibility index (Phi) is 12.3. The first-order valence-corrected chi connectivity index (χ1v) is 15.0. The molecule has 2 heterocycles. The maximum absolute atomic E-state index is 4.89. The van der Waals surface area contributed by atoms with Crippen LogP contribution in [0.25, 0.3) is 11.0 Å². The standard InChI is InChI=1S/C32H46N4S/c1-24(2)11-8-12-26(5)13-9-14-27(19-18-25(3)4)20-22-37-23-30(34-31-17-10-21-33-31)32-35-28-15-6-7-16-29(28)36-32/h6-7,11,13,15-16,18,20,30H,8-10,12,14,17,19,21-23H2,1-5H3,(H,33,34)(H,35,36)/b26-13+,27-20-. The van der Waals surface area contributed by atoms with E-state index in [0.717, 1.165) is 85.7 Å². The van der Waals surface area contributed by atoms with Crippen LogP contribution in [0.1, 0.15) is 91.4 Å². The van der Waals surface area contributed by atoms with Gasteiger partial charge in [-0.15, -0.1) is 0 Å². The van der Waals surface area contributed by atoms with E-state index in [2.05, 4.69) is 92.4 Å². The highest BCUT2D eigenvalue weighted by Gasteiger charge is 2.19. The van der Waals surface area contributed by atoms with Crippen LogP contribution >= 0.6 is 11.8 Å². The first-order chi connectivity index (χ1) is 17.9. The molecule has 1 aromatic heterocycles. The fourth-order valence-electron chi connectivity index (χ4n) is 4.36. The number of aliphatic imine (C=N–C) groups is 1. The number of para-hydroxylation sites is 2. The molecule has 200 valence electrons. The van der Waals surface area contributed by atoms with E-state index in [9.17, 15) is 0 Å². The average Bonchev–Trinajstić information content (AvgIpc) is 3.53. The Morgan fingerprint density at radius 2 is 1.78 bits per heavy atom. The fraction of sp³-hybridized carbons (Fsp3) is 0.500. The molecule has 0 saturated heterocycles. The predicted molar refractivity (Wildman–Crippen MR) is 165 cm³/mol. The fourth-order valence-corrected chi connectivity index (χ4v) is 5.33. The number of allylic oxidation sites excluding steroid dienone is 7. The van der Waals surface area contributed by atoms with Crippen molar-refractivity contribution in [3.05, 3.63) is 76.7 Å². The lowest BCUT2D eigenvalue weighted by molar-refractivity contribution is 0.680. The summed E-state index contributed by atoms with van der Waals surface area (Å²) in [5.74, 6) is 4.10. The maximum atomic E-state index is 4.89. The molecule has 2 N–H and O–H groups in total. The number of thioether (sulfide) groups is 1. The van der Waals surface area contributed by atoms with Crippen molar-refractivity contribution in [3.8, 4) is 0 Å². The number of nitrogens with one attached hydrogen (secondary N) is 2. The first kappa shape index (κ1) is 29.0. The van der Waals surface area contributed by atoms with Crippen LogP contribution in [0.2, 0.25) is 0 Å². The van der Waals surface area contributed by atoms with Crippen molar-refractivity contribution in [2.75, 3.05) is 18.1 Å². The van der Waals surface area contributed by atoms with E-state index in [1.807, 2.05) is 17.8 Å². The van der Waals surface area contributed by atoms with Crippen LogP contribution in [0.5, 0.6) is 0 Å². The number of amidine groups is 1. The largest absolute Gasteiger partial charge is 0.363 e. The molecule has 0 saturated carbocycles. The molecule has 5 heteroatoms. The lowest BCUT2D eigenvalue weighted by Gasteiger charge is -2.17. The Morgan fingerprint density at radius 3 is 2.51 bits per heavy atom. The van der Waals surface area contributed by atoms with Gasteiger partial charge in [0.1, 0.15) is 5.82 Å². The lowest BCUT2D eigenvalue weighted by Crippen LogP contribution is -2.29. The van der Waals surface area contributed by atoms with E-state index >= 15 is 0 Å². The molecule has 1 aliphatic rings. The van der Waals surface area contributed by atoms with Gasteiger partial charge in [-0.3, -0.25) is 4.99 Å². The SMILES string of the molecule is CC(C)=CCC/C(C)=C/CC/C(=C/CSCC(NC1=NCCC1)c1nc2ccccc2[nH]1)CC=C(C)C. The Labute approximate surface area is 228 Å². The number of hydrogen-bond acceptors (Lipinski definition) is 4. The van der Waals surface area contributed by atoms with Crippen molar-refractivity contribution in [1.82, 2.24) is 15.3 Å². The lowest BCUT2D eigenvalue weighted by atomic mass is 10.0. The van der Waals surface area contributed by atoms with Crippen LogP contribution in [0.15, 0.2) is 75.9 Å². The van der Waals surface area contributed by atoms with Gasteiger partial charge in [0.05, 0.1) is 22.9 Å². The highest BCUT2D eigenvalue weighted by atomic mass is 32.2. The number of benzene rings is 1. The molecular formula is C32H46N4S. The molecule has 4 nitrogen and oxygen atoms in total. The summed E-state index contributed by atoms with van der Waals surface area (Å²) in [6.07, 6.45) is 17.4. The maximum Gasteiger partial charge on any atom is 0.130 e. The van der Waals surface area contributed by atoms with Gasteiger partial charge in [-0.25, -0.2) is 4.98 Å². The van der Waals surface area contributed by atoms with Gasteiger partial charge in [0.2, 0.25) is 0 Å². The number of hydrogen-bond donors (Lipinski definition) is 2. The number of fused-ring (bicyclic) bond motifs is 1. The van der Waals surface area contributed by atoms with Crippen LogP contribution in [-0.2, 0) is 0 Å². The van der Waals surface area contributed by atoms with Gasteiger partial charge in [-0.05, 0) is 85.3 Å². The van der Waals surface area contributed by atoms with Crippen LogP contribution in [0, 0.1) is 0 Å². The zero-order valence-electron chi connectivity index (χ0n) is 23.6. The van der Waals surface area contributed by atoms with Crippen LogP contribution in [-0.4, -0.2) is 33.9 Å². The molecule has 0 spiro atoms. The summed E-state index contributed by atoms with van der Waals surface area (Å²) in [6, 6.07) is 8.41. The van der Waals surface area contributed by atoms with Crippen molar-refractivity contribution in [2.24, 2.45) is 4.99 Å². The molecular weight excluding hydrogens is 472 g/mol. The van der Waals surface area contributed by atoms with E-state index in [1.54, 1.807) is 0 Å². The minimum atomic E-state index is 0.135. The Bertz CT molecular complexity index is 1110. The van der Waals surface area contributed by atoms with E-state index in [1.165, 1.54) is 22.3 Å². The summed E-state index contributed by atoms with van der Waals surface area (Å²) >= 11 is 1.97.